The number of ketones is 1. The Kier molecular flexibility index (Phi) is 4.15. The first-order valence-corrected chi connectivity index (χ1v) is 9.11. The van der Waals surface area contributed by atoms with Gasteiger partial charge in [-0.1, -0.05) is 26.8 Å². The normalized spacial score (nSPS) is 12.7. The van der Waals surface area contributed by atoms with Gasteiger partial charge in [0, 0.05) is 29.3 Å². The van der Waals surface area contributed by atoms with E-state index < -0.39 is 23.1 Å². The molecule has 29 heavy (non-hydrogen) atoms. The molecule has 0 saturated heterocycles. The highest BCUT2D eigenvalue weighted by molar-refractivity contribution is 6.22. The van der Waals surface area contributed by atoms with Crippen LogP contribution < -0.4 is 5.32 Å². The van der Waals surface area contributed by atoms with Crippen molar-refractivity contribution in [2.24, 2.45) is 7.05 Å². The third-order valence-electron chi connectivity index (χ3n) is 4.95. The maximum Gasteiger partial charge on any atom is 0.261 e. The monoisotopic (exact) mass is 395 g/mol. The van der Waals surface area contributed by atoms with Gasteiger partial charge in [-0.3, -0.25) is 14.3 Å². The van der Waals surface area contributed by atoms with Crippen LogP contribution in [0.2, 0.25) is 0 Å². The number of halogens is 2. The van der Waals surface area contributed by atoms with Gasteiger partial charge >= 0.3 is 0 Å². The Labute approximate surface area is 166 Å². The zero-order valence-corrected chi connectivity index (χ0v) is 16.4. The van der Waals surface area contributed by atoms with Gasteiger partial charge in [0.05, 0.1) is 17.0 Å². The van der Waals surface area contributed by atoms with E-state index in [0.717, 1.165) is 17.8 Å². The van der Waals surface area contributed by atoms with E-state index in [4.69, 9.17) is 0 Å². The van der Waals surface area contributed by atoms with E-state index in [0.29, 0.717) is 22.4 Å². The maximum atomic E-state index is 13.9. The molecule has 7 heteroatoms. The van der Waals surface area contributed by atoms with E-state index in [9.17, 15) is 18.4 Å². The summed E-state index contributed by atoms with van der Waals surface area (Å²) in [6.45, 7) is 5.96. The lowest BCUT2D eigenvalue weighted by Crippen LogP contribution is -2.17. The molecule has 4 rings (SSSR count). The van der Waals surface area contributed by atoms with Crippen molar-refractivity contribution < 1.29 is 18.4 Å². The molecule has 1 aromatic heterocycles. The molecule has 0 saturated carbocycles. The standard InChI is InChI=1S/C22H19F2N3O2/c1-22(2,3)20-17-18(27(4)26-20)12-9-8-11(10-13(12)19(17)28)25-21(29)16-14(23)6-5-7-15(16)24/h5-10H,1-4H3,(H,25,29). The lowest BCUT2D eigenvalue weighted by atomic mass is 9.88. The largest absolute Gasteiger partial charge is 0.322 e. The quantitative estimate of drug-likeness (QED) is 0.545. The van der Waals surface area contributed by atoms with E-state index >= 15 is 0 Å². The molecule has 0 bridgehead atoms. The predicted molar refractivity (Wildman–Crippen MR) is 105 cm³/mol. The number of hydrogen-bond donors (Lipinski definition) is 1. The Bertz CT molecular complexity index is 1170. The molecule has 3 aromatic rings. The van der Waals surface area contributed by atoms with Gasteiger partial charge in [-0.2, -0.15) is 5.10 Å². The molecule has 2 aromatic carbocycles. The van der Waals surface area contributed by atoms with Crippen molar-refractivity contribution in [3.8, 4) is 11.3 Å². The van der Waals surface area contributed by atoms with Crippen LogP contribution in [0.5, 0.6) is 0 Å². The fourth-order valence-electron chi connectivity index (χ4n) is 3.63. The Hall–Kier alpha value is -3.35. The number of aromatic nitrogens is 2. The summed E-state index contributed by atoms with van der Waals surface area (Å²) in [6.07, 6.45) is 0. The van der Waals surface area contributed by atoms with Gasteiger partial charge in [0.15, 0.2) is 5.78 Å². The minimum atomic E-state index is -0.951. The van der Waals surface area contributed by atoms with Crippen LogP contribution in [0, 0.1) is 11.6 Å². The first kappa shape index (κ1) is 19.0. The van der Waals surface area contributed by atoms with Crippen molar-refractivity contribution in [3.63, 3.8) is 0 Å². The predicted octanol–water partition coefficient (Wildman–Crippen LogP) is 4.46. The van der Waals surface area contributed by atoms with E-state index in [1.807, 2.05) is 20.8 Å². The highest BCUT2D eigenvalue weighted by Crippen LogP contribution is 2.42. The SMILES string of the molecule is Cn1nc(C(C)(C)C)c2c1-c1ccc(NC(=O)c3c(F)cccc3F)cc1C2=O. The number of carbonyl (C=O) groups excluding carboxylic acids is 2. The van der Waals surface area contributed by atoms with Crippen molar-refractivity contribution in [1.82, 2.24) is 9.78 Å². The average Bonchev–Trinajstić information content (AvgIpc) is 3.11. The van der Waals surface area contributed by atoms with Gasteiger partial charge in [-0.25, -0.2) is 8.78 Å². The number of carbonyl (C=O) groups is 2. The van der Waals surface area contributed by atoms with E-state index in [1.54, 1.807) is 23.9 Å². The van der Waals surface area contributed by atoms with Crippen LogP contribution in [-0.4, -0.2) is 21.5 Å². The molecule has 0 aliphatic heterocycles. The number of amides is 1. The summed E-state index contributed by atoms with van der Waals surface area (Å²) in [6, 6.07) is 8.06. The van der Waals surface area contributed by atoms with Crippen molar-refractivity contribution in [1.29, 1.82) is 0 Å². The molecule has 0 radical (unpaired) electrons. The van der Waals surface area contributed by atoms with E-state index in [-0.39, 0.29) is 16.9 Å². The smallest absolute Gasteiger partial charge is 0.261 e. The summed E-state index contributed by atoms with van der Waals surface area (Å²) in [5.41, 5.74) is 2.42. The number of fused-ring (bicyclic) bond motifs is 3. The second kappa shape index (κ2) is 6.34. The summed E-state index contributed by atoms with van der Waals surface area (Å²) >= 11 is 0. The first-order valence-electron chi connectivity index (χ1n) is 9.11. The Morgan fingerprint density at radius 2 is 1.72 bits per heavy atom. The summed E-state index contributed by atoms with van der Waals surface area (Å²) in [4.78, 5) is 25.5. The second-order valence-electron chi connectivity index (χ2n) is 8.09. The lowest BCUT2D eigenvalue weighted by Gasteiger charge is -2.16. The fraction of sp³-hybridized carbons (Fsp3) is 0.227. The number of anilines is 1. The summed E-state index contributed by atoms with van der Waals surface area (Å²) < 4.78 is 29.4. The lowest BCUT2D eigenvalue weighted by molar-refractivity contribution is 0.101. The molecule has 5 nitrogen and oxygen atoms in total. The van der Waals surface area contributed by atoms with Gasteiger partial charge in [0.2, 0.25) is 0 Å². The Morgan fingerprint density at radius 1 is 1.07 bits per heavy atom. The number of rotatable bonds is 2. The molecule has 1 amide bonds. The minimum absolute atomic E-state index is 0.179. The molecule has 148 valence electrons. The van der Waals surface area contributed by atoms with Crippen molar-refractivity contribution in [3.05, 3.63) is 70.4 Å². The van der Waals surface area contributed by atoms with Crippen LogP contribution in [0.25, 0.3) is 11.3 Å². The highest BCUT2D eigenvalue weighted by atomic mass is 19.1. The third kappa shape index (κ3) is 2.93. The number of benzene rings is 2. The zero-order valence-electron chi connectivity index (χ0n) is 16.4. The Morgan fingerprint density at radius 3 is 2.34 bits per heavy atom. The minimum Gasteiger partial charge on any atom is -0.322 e. The van der Waals surface area contributed by atoms with Crippen LogP contribution in [0.15, 0.2) is 36.4 Å². The second-order valence-corrected chi connectivity index (χ2v) is 8.09. The summed E-state index contributed by atoms with van der Waals surface area (Å²) in [7, 11) is 1.78. The molecule has 1 heterocycles. The summed E-state index contributed by atoms with van der Waals surface area (Å²) in [5.74, 6) is -3.00. The van der Waals surface area contributed by atoms with Gasteiger partial charge in [0.25, 0.3) is 5.91 Å². The van der Waals surface area contributed by atoms with Gasteiger partial charge < -0.3 is 5.32 Å². The molecule has 0 unspecified atom stereocenters. The van der Waals surface area contributed by atoms with Crippen LogP contribution in [0.1, 0.15) is 52.7 Å². The number of aryl methyl sites for hydroxylation is 1. The Balaban J connectivity index is 1.72. The molecular weight excluding hydrogens is 376 g/mol. The maximum absolute atomic E-state index is 13.9. The first-order chi connectivity index (χ1) is 13.6. The number of hydrogen-bond acceptors (Lipinski definition) is 3. The molecule has 1 N–H and O–H groups in total. The topological polar surface area (TPSA) is 64.0 Å². The highest BCUT2D eigenvalue weighted by Gasteiger charge is 2.37. The average molecular weight is 395 g/mol. The van der Waals surface area contributed by atoms with Gasteiger partial charge in [-0.15, -0.1) is 0 Å². The fourth-order valence-corrected chi connectivity index (χ4v) is 3.63. The molecule has 1 aliphatic rings. The van der Waals surface area contributed by atoms with Crippen LogP contribution in [0.3, 0.4) is 0 Å². The van der Waals surface area contributed by atoms with E-state index in [1.165, 1.54) is 12.1 Å². The number of nitrogens with zero attached hydrogens (tertiary/aromatic N) is 2. The van der Waals surface area contributed by atoms with Crippen molar-refractivity contribution >= 4 is 17.4 Å². The van der Waals surface area contributed by atoms with Gasteiger partial charge in [-0.05, 0) is 30.3 Å². The molecule has 0 spiro atoms. The molecular formula is C22H19F2N3O2. The summed E-state index contributed by atoms with van der Waals surface area (Å²) in [5, 5.41) is 7.00. The zero-order chi connectivity index (χ0) is 21.1. The number of nitrogens with one attached hydrogen (secondary N) is 1. The van der Waals surface area contributed by atoms with Gasteiger partial charge in [0.1, 0.15) is 17.2 Å². The van der Waals surface area contributed by atoms with Crippen LogP contribution in [-0.2, 0) is 12.5 Å². The van der Waals surface area contributed by atoms with Crippen LogP contribution >= 0.6 is 0 Å². The van der Waals surface area contributed by atoms with Crippen molar-refractivity contribution in [2.75, 3.05) is 5.32 Å². The molecule has 1 aliphatic carbocycles. The van der Waals surface area contributed by atoms with E-state index in [2.05, 4.69) is 10.4 Å². The molecule has 0 atom stereocenters. The third-order valence-corrected chi connectivity index (χ3v) is 4.95. The van der Waals surface area contributed by atoms with Crippen LogP contribution in [0.4, 0.5) is 14.5 Å². The van der Waals surface area contributed by atoms with Crippen molar-refractivity contribution in [2.45, 2.75) is 26.2 Å². The molecule has 0 fully saturated rings.